The minimum absolute atomic E-state index is 0.483. The van der Waals surface area contributed by atoms with E-state index in [2.05, 4.69) is 11.0 Å². The second-order valence-electron chi connectivity index (χ2n) is 4.07. The Labute approximate surface area is 107 Å². The molecule has 0 heterocycles. The highest BCUT2D eigenvalue weighted by molar-refractivity contribution is 5.65. The normalized spacial score (nSPS) is 13.4. The Bertz CT molecular complexity index is 424. The molecule has 0 amide bonds. The first-order chi connectivity index (χ1) is 8.64. The molecule has 0 aliphatic heterocycles. The molecule has 4 nitrogen and oxygen atoms in total. The monoisotopic (exact) mass is 247 g/mol. The van der Waals surface area contributed by atoms with Crippen molar-refractivity contribution in [1.82, 2.24) is 0 Å². The number of benzene rings is 1. The summed E-state index contributed by atoms with van der Waals surface area (Å²) in [5.41, 5.74) is -0.523. The second-order valence-corrected chi connectivity index (χ2v) is 4.07. The van der Waals surface area contributed by atoms with E-state index < -0.39 is 11.6 Å². The van der Waals surface area contributed by atoms with Gasteiger partial charge >= 0.3 is 5.97 Å². The minimum Gasteiger partial charge on any atom is -0.297 e. The molecule has 1 aromatic rings. The van der Waals surface area contributed by atoms with E-state index in [1.54, 1.807) is 12.1 Å². The Morgan fingerprint density at radius 2 is 2.06 bits per heavy atom. The van der Waals surface area contributed by atoms with Crippen molar-refractivity contribution in [3.63, 3.8) is 0 Å². The molecule has 0 aliphatic rings. The highest BCUT2D eigenvalue weighted by Crippen LogP contribution is 2.31. The molecule has 0 N–H and O–H groups in total. The molecule has 1 atom stereocenters. The van der Waals surface area contributed by atoms with Crippen LogP contribution in [0.3, 0.4) is 0 Å². The van der Waals surface area contributed by atoms with Crippen molar-refractivity contribution in [2.45, 2.75) is 38.7 Å². The molecule has 0 bridgehead atoms. The van der Waals surface area contributed by atoms with Gasteiger partial charge in [-0.2, -0.15) is 10.1 Å². The first-order valence-electron chi connectivity index (χ1n) is 5.97. The lowest BCUT2D eigenvalue weighted by Gasteiger charge is -2.24. The third-order valence-electron chi connectivity index (χ3n) is 2.60. The average Bonchev–Trinajstić information content (AvgIpc) is 2.40. The lowest BCUT2D eigenvalue weighted by atomic mass is 9.90. The molecule has 96 valence electrons. The standard InChI is InChI=1S/C14H17NO3/c1-3-4-10-14(11-15,18-17-12(2)16)13-8-6-5-7-9-13/h5-9H,3-4,10H2,1-2H3. The van der Waals surface area contributed by atoms with Crippen LogP contribution in [-0.2, 0) is 20.2 Å². The average molecular weight is 247 g/mol. The van der Waals surface area contributed by atoms with E-state index in [-0.39, 0.29) is 0 Å². The van der Waals surface area contributed by atoms with Crippen LogP contribution >= 0.6 is 0 Å². The fourth-order valence-corrected chi connectivity index (χ4v) is 1.64. The highest BCUT2D eigenvalue weighted by atomic mass is 17.2. The van der Waals surface area contributed by atoms with Crippen LogP contribution in [0.25, 0.3) is 0 Å². The molecule has 0 saturated carbocycles. The fourth-order valence-electron chi connectivity index (χ4n) is 1.64. The molecule has 1 aromatic carbocycles. The SMILES string of the molecule is CCCCC(C#N)(OOC(C)=O)c1ccccc1. The molecule has 0 saturated heterocycles. The van der Waals surface area contributed by atoms with Gasteiger partial charge in [0.2, 0.25) is 5.60 Å². The van der Waals surface area contributed by atoms with Crippen LogP contribution < -0.4 is 0 Å². The van der Waals surface area contributed by atoms with Crippen molar-refractivity contribution in [1.29, 1.82) is 5.26 Å². The maximum atomic E-state index is 10.9. The lowest BCUT2D eigenvalue weighted by molar-refractivity contribution is -0.323. The van der Waals surface area contributed by atoms with Gasteiger partial charge in [0.05, 0.1) is 0 Å². The van der Waals surface area contributed by atoms with E-state index in [9.17, 15) is 10.1 Å². The summed E-state index contributed by atoms with van der Waals surface area (Å²) in [5.74, 6) is -0.568. The van der Waals surface area contributed by atoms with Crippen LogP contribution in [0, 0.1) is 11.3 Å². The maximum absolute atomic E-state index is 10.9. The van der Waals surface area contributed by atoms with Gasteiger partial charge in [-0.15, -0.1) is 0 Å². The lowest BCUT2D eigenvalue weighted by Crippen LogP contribution is -2.29. The summed E-state index contributed by atoms with van der Waals surface area (Å²) in [7, 11) is 0. The van der Waals surface area contributed by atoms with Crippen LogP contribution in [0.2, 0.25) is 0 Å². The molecule has 0 spiro atoms. The quantitative estimate of drug-likeness (QED) is 0.572. The summed E-state index contributed by atoms with van der Waals surface area (Å²) in [6.07, 6.45) is 2.22. The maximum Gasteiger partial charge on any atom is 0.339 e. The van der Waals surface area contributed by atoms with Gasteiger partial charge in [-0.25, -0.2) is 4.79 Å². The van der Waals surface area contributed by atoms with E-state index in [1.807, 2.05) is 25.1 Å². The number of nitrogens with zero attached hydrogens (tertiary/aromatic N) is 1. The van der Waals surface area contributed by atoms with E-state index in [0.717, 1.165) is 12.8 Å². The Morgan fingerprint density at radius 3 is 2.56 bits per heavy atom. The fraction of sp³-hybridized carbons (Fsp3) is 0.429. The summed E-state index contributed by atoms with van der Waals surface area (Å²) < 4.78 is 0. The van der Waals surface area contributed by atoms with E-state index in [1.165, 1.54) is 6.92 Å². The van der Waals surface area contributed by atoms with Crippen molar-refractivity contribution in [2.24, 2.45) is 0 Å². The molecule has 0 aliphatic carbocycles. The third kappa shape index (κ3) is 3.57. The molecule has 18 heavy (non-hydrogen) atoms. The summed E-state index contributed by atoms with van der Waals surface area (Å²) in [5, 5.41) is 9.40. The van der Waals surface area contributed by atoms with Crippen LogP contribution in [0.15, 0.2) is 30.3 Å². The Morgan fingerprint density at radius 1 is 1.39 bits per heavy atom. The molecule has 0 fully saturated rings. The number of unbranched alkanes of at least 4 members (excludes halogenated alkanes) is 1. The first-order valence-corrected chi connectivity index (χ1v) is 5.97. The largest absolute Gasteiger partial charge is 0.339 e. The van der Waals surface area contributed by atoms with Crippen LogP contribution in [-0.4, -0.2) is 5.97 Å². The molecular weight excluding hydrogens is 230 g/mol. The number of carbonyl (C=O) groups excluding carboxylic acids is 1. The molecular formula is C14H17NO3. The summed E-state index contributed by atoms with van der Waals surface area (Å²) in [6, 6.07) is 11.2. The van der Waals surface area contributed by atoms with Crippen LogP contribution in [0.5, 0.6) is 0 Å². The topological polar surface area (TPSA) is 59.3 Å². The summed E-state index contributed by atoms with van der Waals surface area (Å²) in [6.45, 7) is 3.27. The Kier molecular flexibility index (Phi) is 5.34. The molecule has 4 heteroatoms. The minimum atomic E-state index is -1.22. The zero-order valence-corrected chi connectivity index (χ0v) is 10.7. The van der Waals surface area contributed by atoms with Gasteiger partial charge < -0.3 is 0 Å². The Balaban J connectivity index is 2.98. The van der Waals surface area contributed by atoms with Gasteiger partial charge in [-0.05, 0) is 12.8 Å². The summed E-state index contributed by atoms with van der Waals surface area (Å²) in [4.78, 5) is 20.6. The van der Waals surface area contributed by atoms with E-state index in [0.29, 0.717) is 12.0 Å². The van der Waals surface area contributed by atoms with Gasteiger partial charge in [-0.3, -0.25) is 4.89 Å². The summed E-state index contributed by atoms with van der Waals surface area (Å²) >= 11 is 0. The predicted molar refractivity (Wildman–Crippen MR) is 66.1 cm³/mol. The van der Waals surface area contributed by atoms with Gasteiger partial charge in [0.15, 0.2) is 0 Å². The van der Waals surface area contributed by atoms with Gasteiger partial charge in [-0.1, -0.05) is 43.7 Å². The molecule has 0 radical (unpaired) electrons. The predicted octanol–water partition coefficient (Wildman–Crippen LogP) is 3.09. The van der Waals surface area contributed by atoms with E-state index in [4.69, 9.17) is 4.89 Å². The molecule has 1 unspecified atom stereocenters. The zero-order valence-electron chi connectivity index (χ0n) is 10.7. The highest BCUT2D eigenvalue weighted by Gasteiger charge is 2.35. The number of rotatable bonds is 6. The van der Waals surface area contributed by atoms with E-state index >= 15 is 0 Å². The number of carbonyl (C=O) groups is 1. The van der Waals surface area contributed by atoms with Gasteiger partial charge in [0.25, 0.3) is 0 Å². The Hall–Kier alpha value is -1.86. The number of nitriles is 1. The van der Waals surface area contributed by atoms with Crippen molar-refractivity contribution in [3.05, 3.63) is 35.9 Å². The molecule has 0 aromatic heterocycles. The van der Waals surface area contributed by atoms with Crippen LogP contribution in [0.1, 0.15) is 38.7 Å². The zero-order chi connectivity index (χ0) is 13.4. The van der Waals surface area contributed by atoms with Crippen molar-refractivity contribution in [2.75, 3.05) is 0 Å². The third-order valence-corrected chi connectivity index (χ3v) is 2.60. The number of hydrogen-bond acceptors (Lipinski definition) is 4. The van der Waals surface area contributed by atoms with Gasteiger partial charge in [0, 0.05) is 12.5 Å². The van der Waals surface area contributed by atoms with Crippen LogP contribution in [0.4, 0.5) is 0 Å². The molecule has 1 rings (SSSR count). The number of hydrogen-bond donors (Lipinski definition) is 0. The second kappa shape index (κ2) is 6.77. The van der Waals surface area contributed by atoms with Crippen molar-refractivity contribution in [3.8, 4) is 6.07 Å². The smallest absolute Gasteiger partial charge is 0.297 e. The first kappa shape index (κ1) is 14.2. The van der Waals surface area contributed by atoms with Crippen molar-refractivity contribution >= 4 is 5.97 Å². The van der Waals surface area contributed by atoms with Gasteiger partial charge in [0.1, 0.15) is 6.07 Å². The van der Waals surface area contributed by atoms with Crippen molar-refractivity contribution < 1.29 is 14.6 Å².